The van der Waals surface area contributed by atoms with Gasteiger partial charge in [0, 0.05) is 16.1 Å². The van der Waals surface area contributed by atoms with Gasteiger partial charge in [-0.05, 0) is 30.4 Å². The van der Waals surface area contributed by atoms with Gasteiger partial charge < -0.3 is 14.5 Å². The summed E-state index contributed by atoms with van der Waals surface area (Å²) in [5, 5.41) is 20.3. The molecule has 0 spiro atoms. The van der Waals surface area contributed by atoms with Gasteiger partial charge in [-0.15, -0.1) is 0 Å². The highest BCUT2D eigenvalue weighted by Gasteiger charge is 2.17. The number of H-pyrrole nitrogens is 1. The number of benzene rings is 2. The number of fused-ring (bicyclic) bond motifs is 1. The lowest BCUT2D eigenvalue weighted by Gasteiger charge is -1.98. The summed E-state index contributed by atoms with van der Waals surface area (Å²) in [5.41, 5.74) is 0.774. The van der Waals surface area contributed by atoms with Crippen LogP contribution in [0.15, 0.2) is 28.7 Å². The Morgan fingerprint density at radius 1 is 1.08 bits per heavy atom. The Kier molecular flexibility index (Phi) is 5.95. The van der Waals surface area contributed by atoms with Crippen molar-refractivity contribution in [2.75, 3.05) is 0 Å². The van der Waals surface area contributed by atoms with E-state index >= 15 is 0 Å². The van der Waals surface area contributed by atoms with Crippen molar-refractivity contribution < 1.29 is 14.4 Å². The first-order valence-electron chi connectivity index (χ1n) is 5.99. The summed E-state index contributed by atoms with van der Waals surface area (Å²) in [5.74, 6) is -0.564. The molecule has 11 heteroatoms. The van der Waals surface area contributed by atoms with Crippen LogP contribution in [0.5, 0.6) is 5.75 Å². The van der Waals surface area contributed by atoms with Crippen molar-refractivity contribution >= 4 is 75.4 Å². The molecule has 0 unspecified atom stereocenters. The van der Waals surface area contributed by atoms with Gasteiger partial charge in [-0.1, -0.05) is 46.4 Å². The first-order valence-corrected chi connectivity index (χ1v) is 7.91. The van der Waals surface area contributed by atoms with E-state index in [9.17, 15) is 10.1 Å². The second kappa shape index (κ2) is 7.58. The number of aromatic amines is 1. The normalized spacial score (nSPS) is 10.3. The van der Waals surface area contributed by atoms with Crippen LogP contribution in [0.2, 0.25) is 20.1 Å². The number of rotatable bonds is 1. The molecule has 0 aliphatic carbocycles. The van der Waals surface area contributed by atoms with Gasteiger partial charge in [0.25, 0.3) is 4.84 Å². The number of aromatic hydroxyl groups is 1. The van der Waals surface area contributed by atoms with Crippen molar-refractivity contribution in [2.24, 2.45) is 0 Å². The van der Waals surface area contributed by atoms with E-state index in [-0.39, 0.29) is 10.0 Å². The summed E-state index contributed by atoms with van der Waals surface area (Å²) in [6, 6.07) is 5.58. The molecule has 0 amide bonds. The molecule has 0 atom stereocenters. The molecular formula is C13H6Cl4N2O4S. The number of halogens is 4. The monoisotopic (exact) mass is 426 g/mol. The van der Waals surface area contributed by atoms with Crippen LogP contribution in [0.4, 0.5) is 5.69 Å². The maximum absolute atomic E-state index is 10.3. The molecule has 0 aliphatic rings. The summed E-state index contributed by atoms with van der Waals surface area (Å²) < 4.78 is 5.12. The van der Waals surface area contributed by atoms with Crippen LogP contribution in [0.25, 0.3) is 11.1 Å². The van der Waals surface area contributed by atoms with Gasteiger partial charge in [0.15, 0.2) is 5.58 Å². The molecule has 1 aromatic heterocycles. The number of hydrogen-bond acceptors (Lipinski definition) is 5. The molecule has 24 heavy (non-hydrogen) atoms. The molecule has 0 saturated heterocycles. The van der Waals surface area contributed by atoms with Crippen LogP contribution in [-0.2, 0) is 0 Å². The fourth-order valence-corrected chi connectivity index (χ4v) is 2.88. The smallest absolute Gasteiger partial charge is 0.313 e. The molecule has 2 aromatic carbocycles. The third-order valence-corrected chi connectivity index (χ3v) is 3.84. The minimum atomic E-state index is -0.757. The maximum atomic E-state index is 10.3. The zero-order chi connectivity index (χ0) is 18.0. The number of oxazole rings is 1. The van der Waals surface area contributed by atoms with Crippen molar-refractivity contribution in [1.29, 1.82) is 0 Å². The highest BCUT2D eigenvalue weighted by molar-refractivity contribution is 7.71. The Hall–Kier alpha value is -1.51. The van der Waals surface area contributed by atoms with Crippen LogP contribution in [0.3, 0.4) is 0 Å². The first-order chi connectivity index (χ1) is 11.2. The van der Waals surface area contributed by atoms with Gasteiger partial charge in [0.1, 0.15) is 0 Å². The molecule has 1 heterocycles. The summed E-state index contributed by atoms with van der Waals surface area (Å²) in [6.07, 6.45) is 0. The van der Waals surface area contributed by atoms with Crippen LogP contribution in [0.1, 0.15) is 0 Å². The van der Waals surface area contributed by atoms with Crippen molar-refractivity contribution in [1.82, 2.24) is 4.98 Å². The van der Waals surface area contributed by atoms with Crippen molar-refractivity contribution in [3.63, 3.8) is 0 Å². The summed E-state index contributed by atoms with van der Waals surface area (Å²) in [7, 11) is 0. The SMILES string of the molecule is O=[N+]([O-])c1cc(Cl)cc(Cl)c1O.S=c1[nH]c2cc(Cl)cc(Cl)c2o1. The van der Waals surface area contributed by atoms with Gasteiger partial charge in [-0.25, -0.2) is 0 Å². The fourth-order valence-electron chi connectivity index (χ4n) is 1.68. The summed E-state index contributed by atoms with van der Waals surface area (Å²) in [4.78, 5) is 12.6. The maximum Gasteiger partial charge on any atom is 0.313 e. The highest BCUT2D eigenvalue weighted by atomic mass is 35.5. The summed E-state index contributed by atoms with van der Waals surface area (Å²) >= 11 is 27.3. The van der Waals surface area contributed by atoms with E-state index in [0.29, 0.717) is 20.5 Å². The Labute approximate surface area is 159 Å². The van der Waals surface area contributed by atoms with Crippen LogP contribution in [-0.4, -0.2) is 15.0 Å². The topological polar surface area (TPSA) is 92.3 Å². The van der Waals surface area contributed by atoms with E-state index < -0.39 is 16.4 Å². The zero-order valence-corrected chi connectivity index (χ0v) is 15.2. The zero-order valence-electron chi connectivity index (χ0n) is 11.3. The predicted octanol–water partition coefficient (Wildman–Crippen LogP) is 6.40. The number of nitrogens with zero attached hydrogens (tertiary/aromatic N) is 1. The lowest BCUT2D eigenvalue weighted by atomic mass is 10.3. The van der Waals surface area contributed by atoms with E-state index in [4.69, 9.17) is 68.1 Å². The molecule has 0 saturated carbocycles. The van der Waals surface area contributed by atoms with Gasteiger partial charge in [0.2, 0.25) is 5.75 Å². The van der Waals surface area contributed by atoms with E-state index in [1.54, 1.807) is 12.1 Å². The van der Waals surface area contributed by atoms with Crippen molar-refractivity contribution in [2.45, 2.75) is 0 Å². The molecule has 126 valence electrons. The quantitative estimate of drug-likeness (QED) is 0.266. The number of aromatic nitrogens is 1. The number of phenols is 1. The Bertz CT molecular complexity index is 986. The molecule has 3 rings (SSSR count). The minimum absolute atomic E-state index is 0.115. The molecule has 6 nitrogen and oxygen atoms in total. The molecule has 0 radical (unpaired) electrons. The first kappa shape index (κ1) is 18.8. The number of hydrogen-bond donors (Lipinski definition) is 2. The van der Waals surface area contributed by atoms with Crippen molar-refractivity contribution in [3.8, 4) is 5.75 Å². The largest absolute Gasteiger partial charge is 0.501 e. The third kappa shape index (κ3) is 4.31. The Morgan fingerprint density at radius 2 is 1.67 bits per heavy atom. The molecular weight excluding hydrogens is 422 g/mol. The van der Waals surface area contributed by atoms with E-state index in [1.807, 2.05) is 0 Å². The number of nitrogens with one attached hydrogen (secondary N) is 1. The third-order valence-electron chi connectivity index (χ3n) is 2.64. The second-order valence-corrected chi connectivity index (χ2v) is 6.35. The molecule has 3 aromatic rings. The number of nitro groups is 1. The molecule has 0 aliphatic heterocycles. The second-order valence-electron chi connectivity index (χ2n) is 4.29. The average Bonchev–Trinajstić information content (AvgIpc) is 2.84. The van der Waals surface area contributed by atoms with Crippen LogP contribution < -0.4 is 0 Å². The van der Waals surface area contributed by atoms with Gasteiger partial charge in [-0.2, -0.15) is 0 Å². The minimum Gasteiger partial charge on any atom is -0.501 e. The lowest BCUT2D eigenvalue weighted by Crippen LogP contribution is -1.88. The molecule has 0 fully saturated rings. The Balaban J connectivity index is 0.000000174. The molecule has 2 N–H and O–H groups in total. The Morgan fingerprint density at radius 3 is 2.29 bits per heavy atom. The number of phenolic OH excluding ortho intramolecular Hbond substituents is 1. The van der Waals surface area contributed by atoms with E-state index in [0.717, 1.165) is 11.6 Å². The average molecular weight is 428 g/mol. The van der Waals surface area contributed by atoms with E-state index in [1.165, 1.54) is 6.07 Å². The van der Waals surface area contributed by atoms with Gasteiger partial charge in [-0.3, -0.25) is 10.1 Å². The molecule has 0 bridgehead atoms. The van der Waals surface area contributed by atoms with Gasteiger partial charge in [0.05, 0.1) is 20.5 Å². The fraction of sp³-hybridized carbons (Fsp3) is 0. The lowest BCUT2D eigenvalue weighted by molar-refractivity contribution is -0.385. The van der Waals surface area contributed by atoms with Crippen LogP contribution in [0, 0.1) is 15.0 Å². The predicted molar refractivity (Wildman–Crippen MR) is 96.2 cm³/mol. The van der Waals surface area contributed by atoms with Gasteiger partial charge >= 0.3 is 5.69 Å². The number of nitro benzene ring substituents is 1. The highest BCUT2D eigenvalue weighted by Crippen LogP contribution is 2.36. The summed E-state index contributed by atoms with van der Waals surface area (Å²) in [6.45, 7) is 0. The standard InChI is InChI=1S/C7H3Cl2NOS.C6H3Cl2NO3/c8-3-1-4(9)6-5(2-3)10-7(12)11-6;7-3-1-4(8)6(10)5(2-3)9(11)12/h1-2H,(H,10,12);1-2,10H. The van der Waals surface area contributed by atoms with E-state index in [2.05, 4.69) is 4.98 Å². The van der Waals surface area contributed by atoms with Crippen LogP contribution >= 0.6 is 58.6 Å². The van der Waals surface area contributed by atoms with Crippen molar-refractivity contribution in [3.05, 3.63) is 59.3 Å².